The second-order valence-corrected chi connectivity index (χ2v) is 7.27. The lowest BCUT2D eigenvalue weighted by molar-refractivity contribution is -0.0505. The zero-order chi connectivity index (χ0) is 22.1. The van der Waals surface area contributed by atoms with Gasteiger partial charge in [-0.2, -0.15) is 13.9 Å². The molecular formula is C21H22F2N4O4. The molecule has 0 saturated carbocycles. The fourth-order valence-electron chi connectivity index (χ4n) is 3.41. The Labute approximate surface area is 177 Å². The summed E-state index contributed by atoms with van der Waals surface area (Å²) >= 11 is 0. The molecule has 1 aliphatic rings. The van der Waals surface area contributed by atoms with E-state index in [1.54, 1.807) is 23.9 Å². The Morgan fingerprint density at radius 3 is 2.74 bits per heavy atom. The number of rotatable bonds is 7. The van der Waals surface area contributed by atoms with Crippen LogP contribution in [0.3, 0.4) is 0 Å². The van der Waals surface area contributed by atoms with E-state index in [0.29, 0.717) is 39.4 Å². The summed E-state index contributed by atoms with van der Waals surface area (Å²) in [6.45, 7) is 2.82. The lowest BCUT2D eigenvalue weighted by Gasteiger charge is -2.14. The lowest BCUT2D eigenvalue weighted by Crippen LogP contribution is -2.24. The van der Waals surface area contributed by atoms with Gasteiger partial charge in [0.15, 0.2) is 17.1 Å². The number of pyridine rings is 1. The molecule has 164 valence electrons. The van der Waals surface area contributed by atoms with Crippen LogP contribution in [0.2, 0.25) is 0 Å². The summed E-state index contributed by atoms with van der Waals surface area (Å²) in [5.41, 5.74) is 2.06. The van der Waals surface area contributed by atoms with E-state index < -0.39 is 6.61 Å². The van der Waals surface area contributed by atoms with E-state index in [1.807, 2.05) is 13.8 Å². The minimum absolute atomic E-state index is 0.00624. The highest BCUT2D eigenvalue weighted by Gasteiger charge is 2.22. The summed E-state index contributed by atoms with van der Waals surface area (Å²) in [7, 11) is 0. The number of aromatic nitrogens is 3. The molecule has 0 spiro atoms. The first-order valence-corrected chi connectivity index (χ1v) is 9.87. The van der Waals surface area contributed by atoms with Crippen LogP contribution in [0, 0.1) is 6.92 Å². The molecule has 1 N–H and O–H groups in total. The van der Waals surface area contributed by atoms with Crippen LogP contribution >= 0.6 is 0 Å². The van der Waals surface area contributed by atoms with Crippen molar-refractivity contribution < 1.29 is 27.8 Å². The van der Waals surface area contributed by atoms with Gasteiger partial charge in [-0.3, -0.25) is 4.79 Å². The van der Waals surface area contributed by atoms with Gasteiger partial charge in [-0.1, -0.05) is 6.92 Å². The van der Waals surface area contributed by atoms with E-state index in [0.717, 1.165) is 6.42 Å². The van der Waals surface area contributed by atoms with E-state index >= 15 is 0 Å². The number of aryl methyl sites for hydroxylation is 1. The van der Waals surface area contributed by atoms with Gasteiger partial charge in [0.1, 0.15) is 5.75 Å². The van der Waals surface area contributed by atoms with Crippen molar-refractivity contribution in [2.24, 2.45) is 0 Å². The molecule has 8 nitrogen and oxygen atoms in total. The topological polar surface area (TPSA) is 87.5 Å². The van der Waals surface area contributed by atoms with E-state index in [9.17, 15) is 13.6 Å². The number of halogens is 2. The number of amides is 1. The van der Waals surface area contributed by atoms with Crippen molar-refractivity contribution in [2.75, 3.05) is 6.79 Å². The average Bonchev–Trinajstić information content (AvgIpc) is 3.36. The molecule has 2 aromatic heterocycles. The number of benzene rings is 1. The summed E-state index contributed by atoms with van der Waals surface area (Å²) in [5.74, 6) is 0.262. The van der Waals surface area contributed by atoms with E-state index in [1.165, 1.54) is 12.1 Å². The summed E-state index contributed by atoms with van der Waals surface area (Å²) < 4.78 is 42.6. The molecule has 1 amide bonds. The van der Waals surface area contributed by atoms with Crippen LogP contribution in [0.5, 0.6) is 17.2 Å². The molecule has 4 rings (SSSR count). The molecule has 0 radical (unpaired) electrons. The third kappa shape index (κ3) is 4.10. The van der Waals surface area contributed by atoms with Gasteiger partial charge in [-0.25, -0.2) is 9.67 Å². The fraction of sp³-hybridized carbons (Fsp3) is 0.381. The molecule has 1 aliphatic heterocycles. The van der Waals surface area contributed by atoms with Crippen LogP contribution in [0.4, 0.5) is 8.78 Å². The van der Waals surface area contributed by atoms with Crippen LogP contribution in [0.25, 0.3) is 11.0 Å². The van der Waals surface area contributed by atoms with Gasteiger partial charge in [0.2, 0.25) is 6.79 Å². The summed E-state index contributed by atoms with van der Waals surface area (Å²) in [6, 6.07) is 4.66. The normalized spacial score (nSPS) is 13.6. The Morgan fingerprint density at radius 1 is 1.29 bits per heavy atom. The summed E-state index contributed by atoms with van der Waals surface area (Å²) in [5, 5.41) is 7.79. The molecule has 10 heteroatoms. The van der Waals surface area contributed by atoms with Crippen LogP contribution in [0.15, 0.2) is 24.4 Å². The second-order valence-electron chi connectivity index (χ2n) is 7.27. The zero-order valence-electron chi connectivity index (χ0n) is 17.3. The van der Waals surface area contributed by atoms with Gasteiger partial charge in [0.25, 0.3) is 5.91 Å². The van der Waals surface area contributed by atoms with Gasteiger partial charge in [0, 0.05) is 23.9 Å². The quantitative estimate of drug-likeness (QED) is 0.608. The summed E-state index contributed by atoms with van der Waals surface area (Å²) in [6.07, 6.45) is 2.49. The minimum atomic E-state index is -3.01. The number of nitrogens with zero attached hydrogens (tertiary/aromatic N) is 3. The second kappa shape index (κ2) is 8.37. The number of carbonyl (C=O) groups excluding carboxylic acids is 1. The number of alkyl halides is 2. The fourth-order valence-corrected chi connectivity index (χ4v) is 3.41. The molecular weight excluding hydrogens is 410 g/mol. The van der Waals surface area contributed by atoms with Gasteiger partial charge in [0.05, 0.1) is 23.2 Å². The highest BCUT2D eigenvalue weighted by Crippen LogP contribution is 2.38. The Hall–Kier alpha value is -3.43. The number of hydrogen-bond donors (Lipinski definition) is 1. The molecule has 0 saturated heterocycles. The molecule has 1 aromatic carbocycles. The monoisotopic (exact) mass is 432 g/mol. The van der Waals surface area contributed by atoms with Crippen LogP contribution in [-0.4, -0.2) is 34.1 Å². The predicted molar refractivity (Wildman–Crippen MR) is 108 cm³/mol. The molecule has 0 aliphatic carbocycles. The molecule has 0 bridgehead atoms. The summed E-state index contributed by atoms with van der Waals surface area (Å²) in [4.78, 5) is 17.5. The van der Waals surface area contributed by atoms with Crippen LogP contribution in [0.1, 0.15) is 47.9 Å². The van der Waals surface area contributed by atoms with Crippen molar-refractivity contribution in [3.8, 4) is 17.2 Å². The van der Waals surface area contributed by atoms with Crippen LogP contribution in [-0.2, 0) is 6.54 Å². The standard InChI is InChI=1S/C21H22F2N4O4/c1-4-12(3)27-19-15(9-25-27)14(5-11(2)26-19)20(28)24-8-13-6-17-18(30-10-29-17)7-16(13)31-21(22)23/h5-7,9,12,21H,4,8,10H2,1-3H3,(H,24,28)/t12-/m1/s1. The first-order chi connectivity index (χ1) is 14.9. The maximum absolute atomic E-state index is 13.0. The Bertz CT molecular complexity index is 1130. The van der Waals surface area contributed by atoms with Crippen molar-refractivity contribution in [3.05, 3.63) is 41.2 Å². The van der Waals surface area contributed by atoms with Crippen molar-refractivity contribution in [1.29, 1.82) is 0 Å². The van der Waals surface area contributed by atoms with E-state index in [4.69, 9.17) is 9.47 Å². The Kier molecular flexibility index (Phi) is 5.62. The maximum Gasteiger partial charge on any atom is 0.387 e. The number of hydrogen-bond acceptors (Lipinski definition) is 6. The number of nitrogens with one attached hydrogen (secondary N) is 1. The lowest BCUT2D eigenvalue weighted by atomic mass is 10.1. The SMILES string of the molecule is CC[C@@H](C)n1ncc2c(C(=O)NCc3cc4c(cc3OC(F)F)OCO4)cc(C)nc21. The van der Waals surface area contributed by atoms with Crippen molar-refractivity contribution >= 4 is 16.9 Å². The molecule has 1 atom stereocenters. The predicted octanol–water partition coefficient (Wildman–Crippen LogP) is 3.97. The highest BCUT2D eigenvalue weighted by molar-refractivity contribution is 6.05. The van der Waals surface area contributed by atoms with Crippen molar-refractivity contribution in [1.82, 2.24) is 20.1 Å². The third-order valence-electron chi connectivity index (χ3n) is 5.16. The number of ether oxygens (including phenoxy) is 3. The zero-order valence-corrected chi connectivity index (χ0v) is 17.3. The average molecular weight is 432 g/mol. The van der Waals surface area contributed by atoms with Crippen molar-refractivity contribution in [2.45, 2.75) is 46.4 Å². The van der Waals surface area contributed by atoms with E-state index in [-0.39, 0.29) is 31.0 Å². The maximum atomic E-state index is 13.0. The van der Waals surface area contributed by atoms with E-state index in [2.05, 4.69) is 20.1 Å². The molecule has 3 heterocycles. The molecule has 31 heavy (non-hydrogen) atoms. The van der Waals surface area contributed by atoms with Gasteiger partial charge >= 0.3 is 6.61 Å². The Morgan fingerprint density at radius 2 is 2.03 bits per heavy atom. The van der Waals surface area contributed by atoms with Gasteiger partial charge in [-0.05, 0) is 32.4 Å². The van der Waals surface area contributed by atoms with Gasteiger partial charge in [-0.15, -0.1) is 0 Å². The minimum Gasteiger partial charge on any atom is -0.454 e. The first-order valence-electron chi connectivity index (χ1n) is 9.87. The smallest absolute Gasteiger partial charge is 0.387 e. The van der Waals surface area contributed by atoms with Gasteiger partial charge < -0.3 is 19.5 Å². The largest absolute Gasteiger partial charge is 0.454 e. The molecule has 0 fully saturated rings. The Balaban J connectivity index is 1.61. The number of carbonyl (C=O) groups is 1. The first kappa shape index (κ1) is 20.8. The number of fused-ring (bicyclic) bond motifs is 2. The third-order valence-corrected chi connectivity index (χ3v) is 5.16. The molecule has 0 unspecified atom stereocenters. The van der Waals surface area contributed by atoms with Crippen LogP contribution < -0.4 is 19.5 Å². The molecule has 3 aromatic rings. The van der Waals surface area contributed by atoms with Crippen molar-refractivity contribution in [3.63, 3.8) is 0 Å². The highest BCUT2D eigenvalue weighted by atomic mass is 19.3.